The number of nitrogens with zero attached hydrogens (tertiary/aromatic N) is 2. The molecule has 2 rings (SSSR count). The number of sulfone groups is 1. The van der Waals surface area contributed by atoms with Gasteiger partial charge in [-0.1, -0.05) is 25.8 Å². The molecular formula is C19H31N3O3S. The summed E-state index contributed by atoms with van der Waals surface area (Å²) in [6.45, 7) is 4.19. The Morgan fingerprint density at radius 1 is 1.27 bits per heavy atom. The van der Waals surface area contributed by atoms with Crippen LogP contribution in [0.1, 0.15) is 51.1 Å². The Bertz CT molecular complexity index is 641. The summed E-state index contributed by atoms with van der Waals surface area (Å²) < 4.78 is 24.7. The first-order valence-electron chi connectivity index (χ1n) is 9.62. The number of carbonyl (C=O) groups excluding carboxylic acids is 1. The average molecular weight is 382 g/mol. The Morgan fingerprint density at radius 2 is 2.12 bits per heavy atom. The molecule has 1 aromatic rings. The highest BCUT2D eigenvalue weighted by molar-refractivity contribution is 7.92. The lowest BCUT2D eigenvalue weighted by Gasteiger charge is -2.31. The summed E-state index contributed by atoms with van der Waals surface area (Å²) in [5.74, 6) is -0.594. The summed E-state index contributed by atoms with van der Waals surface area (Å²) in [5, 5.41) is 3.35. The SMILES string of the molecule is CCCCCS(=O)(=O)CC(=O)N(Cc1ccccn1)C1CCCNCC1. The minimum atomic E-state index is -3.37. The van der Waals surface area contributed by atoms with Gasteiger partial charge in [0.15, 0.2) is 9.84 Å². The fourth-order valence-electron chi connectivity index (χ4n) is 3.31. The van der Waals surface area contributed by atoms with Crippen LogP contribution < -0.4 is 5.32 Å². The molecule has 2 heterocycles. The molecule has 1 N–H and O–H groups in total. The largest absolute Gasteiger partial charge is 0.333 e. The van der Waals surface area contributed by atoms with Crippen molar-refractivity contribution >= 4 is 15.7 Å². The number of pyridine rings is 1. The van der Waals surface area contributed by atoms with E-state index in [1.165, 1.54) is 0 Å². The van der Waals surface area contributed by atoms with E-state index in [2.05, 4.69) is 10.3 Å². The van der Waals surface area contributed by atoms with E-state index in [-0.39, 0.29) is 17.7 Å². The first kappa shape index (κ1) is 20.8. The quantitative estimate of drug-likeness (QED) is 0.663. The Balaban J connectivity index is 2.09. The van der Waals surface area contributed by atoms with Gasteiger partial charge in [-0.25, -0.2) is 8.42 Å². The Morgan fingerprint density at radius 3 is 2.85 bits per heavy atom. The van der Waals surface area contributed by atoms with E-state index in [1.807, 2.05) is 25.1 Å². The van der Waals surface area contributed by atoms with E-state index in [0.717, 1.165) is 50.9 Å². The number of hydrogen-bond donors (Lipinski definition) is 1. The average Bonchev–Trinajstić information content (AvgIpc) is 2.89. The second-order valence-electron chi connectivity index (χ2n) is 6.98. The molecule has 0 aliphatic carbocycles. The minimum Gasteiger partial charge on any atom is -0.333 e. The summed E-state index contributed by atoms with van der Waals surface area (Å²) in [4.78, 5) is 19.0. The molecule has 0 radical (unpaired) electrons. The zero-order valence-electron chi connectivity index (χ0n) is 15.7. The van der Waals surface area contributed by atoms with Crippen molar-refractivity contribution in [1.29, 1.82) is 0 Å². The molecule has 0 spiro atoms. The monoisotopic (exact) mass is 381 g/mol. The zero-order chi connectivity index (χ0) is 18.8. The van der Waals surface area contributed by atoms with E-state index in [1.54, 1.807) is 11.1 Å². The van der Waals surface area contributed by atoms with Crippen molar-refractivity contribution in [3.05, 3.63) is 30.1 Å². The highest BCUT2D eigenvalue weighted by Gasteiger charge is 2.28. The van der Waals surface area contributed by atoms with Crippen molar-refractivity contribution in [2.75, 3.05) is 24.6 Å². The molecule has 1 amide bonds. The van der Waals surface area contributed by atoms with Crippen LogP contribution in [0.4, 0.5) is 0 Å². The van der Waals surface area contributed by atoms with Gasteiger partial charge < -0.3 is 10.2 Å². The van der Waals surface area contributed by atoms with E-state index in [9.17, 15) is 13.2 Å². The van der Waals surface area contributed by atoms with Gasteiger partial charge in [0, 0.05) is 12.2 Å². The Labute approximate surface area is 157 Å². The molecule has 1 aliphatic heterocycles. The summed E-state index contributed by atoms with van der Waals surface area (Å²) in [5.41, 5.74) is 0.793. The molecule has 1 aromatic heterocycles. The van der Waals surface area contributed by atoms with Crippen molar-refractivity contribution in [2.24, 2.45) is 0 Å². The summed E-state index contributed by atoms with van der Waals surface area (Å²) >= 11 is 0. The molecule has 1 saturated heterocycles. The normalized spacial score (nSPS) is 18.3. The van der Waals surface area contributed by atoms with Gasteiger partial charge in [0.05, 0.1) is 18.0 Å². The van der Waals surface area contributed by atoms with Gasteiger partial charge in [-0.05, 0) is 50.9 Å². The van der Waals surface area contributed by atoms with Crippen LogP contribution in [0.15, 0.2) is 24.4 Å². The van der Waals surface area contributed by atoms with Gasteiger partial charge in [0.1, 0.15) is 5.75 Å². The molecule has 7 heteroatoms. The molecule has 0 bridgehead atoms. The number of amides is 1. The molecule has 1 fully saturated rings. The van der Waals surface area contributed by atoms with Crippen LogP contribution in [0.3, 0.4) is 0 Å². The Hall–Kier alpha value is -1.47. The van der Waals surface area contributed by atoms with E-state index in [0.29, 0.717) is 13.0 Å². The predicted octanol–water partition coefficient (Wildman–Crippen LogP) is 2.16. The van der Waals surface area contributed by atoms with Crippen LogP contribution in [0, 0.1) is 0 Å². The van der Waals surface area contributed by atoms with Gasteiger partial charge in [-0.15, -0.1) is 0 Å². The van der Waals surface area contributed by atoms with Crippen molar-refractivity contribution in [3.8, 4) is 0 Å². The first-order valence-corrected chi connectivity index (χ1v) is 11.4. The molecule has 146 valence electrons. The summed E-state index contributed by atoms with van der Waals surface area (Å²) in [6.07, 6.45) is 6.88. The van der Waals surface area contributed by atoms with E-state index in [4.69, 9.17) is 0 Å². The topological polar surface area (TPSA) is 79.4 Å². The fourth-order valence-corrected chi connectivity index (χ4v) is 4.65. The summed E-state index contributed by atoms with van der Waals surface area (Å²) in [6, 6.07) is 5.67. The summed E-state index contributed by atoms with van der Waals surface area (Å²) in [7, 11) is -3.37. The number of unbranched alkanes of at least 4 members (excludes halogenated alkanes) is 2. The van der Waals surface area contributed by atoms with Crippen LogP contribution >= 0.6 is 0 Å². The van der Waals surface area contributed by atoms with Crippen molar-refractivity contribution in [3.63, 3.8) is 0 Å². The molecule has 0 aromatic carbocycles. The third-order valence-electron chi connectivity index (χ3n) is 4.77. The molecule has 1 unspecified atom stereocenters. The number of nitrogens with one attached hydrogen (secondary N) is 1. The zero-order valence-corrected chi connectivity index (χ0v) is 16.5. The van der Waals surface area contributed by atoms with Crippen molar-refractivity contribution in [1.82, 2.24) is 15.2 Å². The van der Waals surface area contributed by atoms with E-state index < -0.39 is 15.6 Å². The molecule has 26 heavy (non-hydrogen) atoms. The number of carbonyl (C=O) groups is 1. The maximum atomic E-state index is 12.9. The lowest BCUT2D eigenvalue weighted by molar-refractivity contribution is -0.131. The van der Waals surface area contributed by atoms with Crippen LogP contribution in [-0.2, 0) is 21.2 Å². The first-order chi connectivity index (χ1) is 12.5. The van der Waals surface area contributed by atoms with Crippen LogP contribution in [0.5, 0.6) is 0 Å². The highest BCUT2D eigenvalue weighted by Crippen LogP contribution is 2.17. The lowest BCUT2D eigenvalue weighted by Crippen LogP contribution is -2.43. The third-order valence-corrected chi connectivity index (χ3v) is 6.36. The molecule has 1 atom stereocenters. The molecule has 1 aliphatic rings. The van der Waals surface area contributed by atoms with Gasteiger partial charge in [-0.2, -0.15) is 0 Å². The standard InChI is InChI=1S/C19H31N3O3S/c1-2-3-6-14-26(24,25)16-19(23)22(15-17-8-4-5-12-21-17)18-9-7-11-20-13-10-18/h4-5,8,12,18,20H,2-3,6-7,9-11,13-16H2,1H3. The molecule has 6 nitrogen and oxygen atoms in total. The Kier molecular flexibility index (Phi) is 8.51. The number of aromatic nitrogens is 1. The second-order valence-corrected chi connectivity index (χ2v) is 9.16. The maximum Gasteiger partial charge on any atom is 0.238 e. The fraction of sp³-hybridized carbons (Fsp3) is 0.684. The third kappa shape index (κ3) is 7.03. The molecule has 0 saturated carbocycles. The van der Waals surface area contributed by atoms with Crippen LogP contribution in [-0.4, -0.2) is 54.8 Å². The number of hydrogen-bond acceptors (Lipinski definition) is 5. The smallest absolute Gasteiger partial charge is 0.238 e. The predicted molar refractivity (Wildman–Crippen MR) is 103 cm³/mol. The van der Waals surface area contributed by atoms with Crippen molar-refractivity contribution in [2.45, 2.75) is 58.0 Å². The highest BCUT2D eigenvalue weighted by atomic mass is 32.2. The van der Waals surface area contributed by atoms with Gasteiger partial charge in [-0.3, -0.25) is 9.78 Å². The van der Waals surface area contributed by atoms with Gasteiger partial charge in [0.2, 0.25) is 5.91 Å². The van der Waals surface area contributed by atoms with Crippen molar-refractivity contribution < 1.29 is 13.2 Å². The second kappa shape index (κ2) is 10.6. The van der Waals surface area contributed by atoms with Crippen LogP contribution in [0.2, 0.25) is 0 Å². The molecular weight excluding hydrogens is 350 g/mol. The lowest BCUT2D eigenvalue weighted by atomic mass is 10.1. The maximum absolute atomic E-state index is 12.9. The van der Waals surface area contributed by atoms with Crippen LogP contribution in [0.25, 0.3) is 0 Å². The minimum absolute atomic E-state index is 0.0605. The van der Waals surface area contributed by atoms with Gasteiger partial charge in [0.25, 0.3) is 0 Å². The van der Waals surface area contributed by atoms with Gasteiger partial charge >= 0.3 is 0 Å². The van der Waals surface area contributed by atoms with E-state index >= 15 is 0 Å². The number of rotatable bonds is 9.